The van der Waals surface area contributed by atoms with Crippen molar-refractivity contribution in [3.63, 3.8) is 0 Å². The van der Waals surface area contributed by atoms with Crippen LogP contribution in [0.5, 0.6) is 0 Å². The van der Waals surface area contributed by atoms with Crippen LogP contribution in [0.3, 0.4) is 0 Å². The Morgan fingerprint density at radius 2 is 1.96 bits per heavy atom. The van der Waals surface area contributed by atoms with E-state index in [0.29, 0.717) is 5.92 Å². The third-order valence-corrected chi connectivity index (χ3v) is 4.99. The first-order chi connectivity index (χ1) is 13.5. The minimum Gasteiger partial charge on any atom is -0.368 e. The maximum Gasteiger partial charge on any atom is 0.178 e. The number of nitrogens with two attached hydrogens (primary N) is 1. The molecule has 2 heterocycles. The van der Waals surface area contributed by atoms with E-state index in [1.807, 2.05) is 24.0 Å². The molecule has 1 saturated heterocycles. The number of hydrogen-bond donors (Lipinski definition) is 2. The fourth-order valence-electron chi connectivity index (χ4n) is 3.67. The Balaban J connectivity index is 1.74. The second-order valence-electron chi connectivity index (χ2n) is 7.76. The van der Waals surface area contributed by atoms with Crippen LogP contribution in [0.1, 0.15) is 30.7 Å². The zero-order valence-electron chi connectivity index (χ0n) is 17.0. The smallest absolute Gasteiger partial charge is 0.178 e. The highest BCUT2D eigenvalue weighted by Gasteiger charge is 2.22. The van der Waals surface area contributed by atoms with E-state index in [9.17, 15) is 0 Å². The first kappa shape index (κ1) is 20.0. The molecule has 3 N–H and O–H groups in total. The summed E-state index contributed by atoms with van der Waals surface area (Å²) in [6.45, 7) is 9.01. The summed E-state index contributed by atoms with van der Waals surface area (Å²) in [5.41, 5.74) is 4.20. The second-order valence-corrected chi connectivity index (χ2v) is 7.76. The molecule has 8 heteroatoms. The molecule has 3 rings (SSSR count). The molecule has 2 aromatic rings. The highest BCUT2D eigenvalue weighted by molar-refractivity contribution is 6.02. The van der Waals surface area contributed by atoms with Gasteiger partial charge < -0.3 is 10.7 Å². The summed E-state index contributed by atoms with van der Waals surface area (Å²) < 4.78 is 1.84. The van der Waals surface area contributed by atoms with Gasteiger partial charge >= 0.3 is 0 Å². The van der Waals surface area contributed by atoms with Gasteiger partial charge in [-0.3, -0.25) is 15.0 Å². The van der Waals surface area contributed by atoms with Crippen molar-refractivity contribution in [1.82, 2.24) is 14.7 Å². The molecule has 0 spiro atoms. The SMILES string of the molecule is CC(C)Cc1ccc(C(=N)N=NN)c(N2CCN(Cc3ccn(C)n3)CC2)c1. The van der Waals surface area contributed by atoms with Crippen molar-refractivity contribution in [2.24, 2.45) is 29.1 Å². The lowest BCUT2D eigenvalue weighted by Gasteiger charge is -2.36. The van der Waals surface area contributed by atoms with Gasteiger partial charge in [-0.1, -0.05) is 25.1 Å². The molecule has 1 aromatic carbocycles. The molecular weight excluding hydrogens is 352 g/mol. The number of nitrogens with one attached hydrogen (secondary N) is 1. The Kier molecular flexibility index (Phi) is 6.41. The van der Waals surface area contributed by atoms with Gasteiger partial charge in [-0.2, -0.15) is 5.10 Å². The predicted octanol–water partition coefficient (Wildman–Crippen LogP) is 2.59. The molecule has 28 heavy (non-hydrogen) atoms. The van der Waals surface area contributed by atoms with Crippen molar-refractivity contribution in [1.29, 1.82) is 5.41 Å². The Morgan fingerprint density at radius 3 is 2.57 bits per heavy atom. The van der Waals surface area contributed by atoms with Gasteiger partial charge in [-0.05, 0) is 36.1 Å². The van der Waals surface area contributed by atoms with E-state index in [0.717, 1.165) is 56.1 Å². The largest absolute Gasteiger partial charge is 0.368 e. The zero-order chi connectivity index (χ0) is 20.1. The van der Waals surface area contributed by atoms with Crippen molar-refractivity contribution in [2.75, 3.05) is 31.1 Å². The maximum atomic E-state index is 8.20. The highest BCUT2D eigenvalue weighted by Crippen LogP contribution is 2.26. The highest BCUT2D eigenvalue weighted by atomic mass is 15.3. The molecule has 0 aliphatic carbocycles. The lowest BCUT2D eigenvalue weighted by Crippen LogP contribution is -2.46. The minimum absolute atomic E-state index is 0.101. The molecule has 0 amide bonds. The van der Waals surface area contributed by atoms with Crippen LogP contribution in [0.15, 0.2) is 40.8 Å². The number of amidine groups is 1. The van der Waals surface area contributed by atoms with Crippen LogP contribution >= 0.6 is 0 Å². The third kappa shape index (κ3) is 4.95. The number of benzene rings is 1. The summed E-state index contributed by atoms with van der Waals surface area (Å²) in [4.78, 5) is 4.76. The number of rotatable bonds is 6. The molecule has 0 unspecified atom stereocenters. The molecule has 150 valence electrons. The third-order valence-electron chi connectivity index (χ3n) is 4.99. The number of hydrogen-bond acceptors (Lipinski definition) is 5. The van der Waals surface area contributed by atoms with Crippen LogP contribution < -0.4 is 10.7 Å². The fraction of sp³-hybridized carbons (Fsp3) is 0.500. The quantitative estimate of drug-likeness (QED) is 0.264. The first-order valence-corrected chi connectivity index (χ1v) is 9.75. The topological polar surface area (TPSA) is 98.9 Å². The monoisotopic (exact) mass is 382 g/mol. The molecule has 1 fully saturated rings. The lowest BCUT2D eigenvalue weighted by molar-refractivity contribution is 0.246. The molecule has 8 nitrogen and oxygen atoms in total. The number of aromatic nitrogens is 2. The van der Waals surface area contributed by atoms with Crippen molar-refractivity contribution in [2.45, 2.75) is 26.8 Å². The maximum absolute atomic E-state index is 8.20. The van der Waals surface area contributed by atoms with Crippen LogP contribution in [-0.2, 0) is 20.0 Å². The van der Waals surface area contributed by atoms with Gasteiger partial charge in [0, 0.05) is 57.2 Å². The summed E-state index contributed by atoms with van der Waals surface area (Å²) in [6, 6.07) is 8.32. The van der Waals surface area contributed by atoms with Crippen molar-refractivity contribution >= 4 is 11.5 Å². The Morgan fingerprint density at radius 1 is 1.21 bits per heavy atom. The van der Waals surface area contributed by atoms with Gasteiger partial charge in [0.2, 0.25) is 0 Å². The van der Waals surface area contributed by atoms with E-state index in [2.05, 4.69) is 57.3 Å². The van der Waals surface area contributed by atoms with E-state index in [-0.39, 0.29) is 5.84 Å². The number of piperazine rings is 1. The van der Waals surface area contributed by atoms with Gasteiger partial charge in [0.25, 0.3) is 0 Å². The lowest BCUT2D eigenvalue weighted by atomic mass is 9.99. The molecular formula is C20H30N8. The molecule has 0 atom stereocenters. The van der Waals surface area contributed by atoms with Crippen LogP contribution in [0.25, 0.3) is 0 Å². The van der Waals surface area contributed by atoms with E-state index in [4.69, 9.17) is 11.3 Å². The minimum atomic E-state index is 0.101. The van der Waals surface area contributed by atoms with Gasteiger partial charge in [0.15, 0.2) is 5.84 Å². The van der Waals surface area contributed by atoms with Gasteiger partial charge in [0.05, 0.1) is 5.69 Å². The molecule has 1 aliphatic heterocycles. The van der Waals surface area contributed by atoms with Gasteiger partial charge in [-0.25, -0.2) is 0 Å². The Hall–Kier alpha value is -2.74. The fourth-order valence-corrected chi connectivity index (χ4v) is 3.67. The average Bonchev–Trinajstić information content (AvgIpc) is 3.07. The normalized spacial score (nSPS) is 15.6. The summed E-state index contributed by atoms with van der Waals surface area (Å²) in [7, 11) is 1.95. The summed E-state index contributed by atoms with van der Waals surface area (Å²) in [5.74, 6) is 5.86. The molecule has 0 radical (unpaired) electrons. The first-order valence-electron chi connectivity index (χ1n) is 9.75. The molecule has 1 aromatic heterocycles. The molecule has 1 aliphatic rings. The zero-order valence-corrected chi connectivity index (χ0v) is 17.0. The van der Waals surface area contributed by atoms with Crippen LogP contribution in [0.2, 0.25) is 0 Å². The number of nitrogens with zero attached hydrogens (tertiary/aromatic N) is 6. The Bertz CT molecular complexity index is 830. The number of anilines is 1. The van der Waals surface area contributed by atoms with E-state index >= 15 is 0 Å². The van der Waals surface area contributed by atoms with Gasteiger partial charge in [-0.15, -0.1) is 5.11 Å². The van der Waals surface area contributed by atoms with E-state index in [1.54, 1.807) is 0 Å². The van der Waals surface area contributed by atoms with Gasteiger partial charge in [0.1, 0.15) is 0 Å². The van der Waals surface area contributed by atoms with Crippen molar-refractivity contribution in [3.8, 4) is 0 Å². The standard InChI is InChI=1S/C20H30N8/c1-15(2)12-16-4-5-18(20(21)23-25-22)19(13-16)28-10-8-27(9-11-28)14-17-6-7-26(3)24-17/h4-7,13,15H,8-12,14H2,1-3H3,(H3,21,22,23). The van der Waals surface area contributed by atoms with Crippen molar-refractivity contribution in [3.05, 3.63) is 47.3 Å². The average molecular weight is 383 g/mol. The molecule has 0 bridgehead atoms. The summed E-state index contributed by atoms with van der Waals surface area (Å²) in [5, 5.41) is 19.7. The van der Waals surface area contributed by atoms with Crippen LogP contribution in [0, 0.1) is 11.3 Å². The number of aryl methyl sites for hydroxylation is 1. The molecule has 0 saturated carbocycles. The van der Waals surface area contributed by atoms with Crippen molar-refractivity contribution < 1.29 is 0 Å². The van der Waals surface area contributed by atoms with Crippen LogP contribution in [0.4, 0.5) is 5.69 Å². The van der Waals surface area contributed by atoms with E-state index in [1.165, 1.54) is 5.56 Å². The summed E-state index contributed by atoms with van der Waals surface area (Å²) in [6.07, 6.45) is 2.99. The van der Waals surface area contributed by atoms with Crippen LogP contribution in [-0.4, -0.2) is 46.7 Å². The van der Waals surface area contributed by atoms with E-state index < -0.39 is 0 Å². The second kappa shape index (κ2) is 8.97. The summed E-state index contributed by atoms with van der Waals surface area (Å²) >= 11 is 0. The Labute approximate surface area is 166 Å². The predicted molar refractivity (Wildman–Crippen MR) is 112 cm³/mol.